The molecule has 5 nitrogen and oxygen atoms in total. The van der Waals surface area contributed by atoms with Crippen LogP contribution in [0.4, 0.5) is 0 Å². The molecule has 2 aromatic rings. The van der Waals surface area contributed by atoms with Gasteiger partial charge in [0.05, 0.1) is 17.7 Å². The standard InChI is InChI=1S/C21H27N3O2/c1-24-8-6-14(7-9-24)21(26)23-20(16-11-18(25)12-16)17-10-15-4-2-3-5-19(15)22-13-17/h2-5,10,13-14,16,18,20,25H,6-9,11-12H2,1H3,(H,23,26)/t16?,18?,20-/m1/s1. The fourth-order valence-electron chi connectivity index (χ4n) is 4.18. The molecule has 0 bridgehead atoms. The Bertz CT molecular complexity index is 780. The number of likely N-dealkylation sites (tertiary alicyclic amines) is 1. The number of carbonyl (C=O) groups is 1. The Morgan fingerprint density at radius 3 is 2.73 bits per heavy atom. The Hall–Kier alpha value is -1.98. The Morgan fingerprint density at radius 2 is 2.00 bits per heavy atom. The Balaban J connectivity index is 1.54. The van der Waals surface area contributed by atoms with Crippen molar-refractivity contribution in [1.82, 2.24) is 15.2 Å². The third-order valence-corrected chi connectivity index (χ3v) is 5.98. The van der Waals surface area contributed by atoms with E-state index in [1.807, 2.05) is 24.4 Å². The van der Waals surface area contributed by atoms with Crippen molar-refractivity contribution in [2.75, 3.05) is 20.1 Å². The molecular formula is C21H27N3O2. The number of carbonyl (C=O) groups excluding carboxylic acids is 1. The zero-order chi connectivity index (χ0) is 18.1. The zero-order valence-electron chi connectivity index (χ0n) is 15.3. The third-order valence-electron chi connectivity index (χ3n) is 5.98. The molecule has 2 aliphatic rings. The minimum atomic E-state index is -0.240. The second-order valence-electron chi connectivity index (χ2n) is 7.91. The van der Waals surface area contributed by atoms with Gasteiger partial charge in [-0.25, -0.2) is 0 Å². The lowest BCUT2D eigenvalue weighted by Gasteiger charge is -2.39. The maximum Gasteiger partial charge on any atom is 0.223 e. The second kappa shape index (κ2) is 7.33. The summed E-state index contributed by atoms with van der Waals surface area (Å²) in [4.78, 5) is 19.7. The normalized spacial score (nSPS) is 25.6. The van der Waals surface area contributed by atoms with Crippen LogP contribution in [0.25, 0.3) is 10.9 Å². The summed E-state index contributed by atoms with van der Waals surface area (Å²) in [5.41, 5.74) is 2.01. The lowest BCUT2D eigenvalue weighted by atomic mass is 9.75. The minimum Gasteiger partial charge on any atom is -0.393 e. The number of nitrogens with one attached hydrogen (secondary N) is 1. The van der Waals surface area contributed by atoms with Crippen molar-refractivity contribution < 1.29 is 9.90 Å². The maximum absolute atomic E-state index is 12.9. The number of hydrogen-bond donors (Lipinski definition) is 2. The van der Waals surface area contributed by atoms with Crippen LogP contribution in [0.3, 0.4) is 0 Å². The molecule has 1 saturated heterocycles. The average Bonchev–Trinajstić information content (AvgIpc) is 2.64. The first-order chi connectivity index (χ1) is 12.6. The van der Waals surface area contributed by atoms with E-state index in [4.69, 9.17) is 0 Å². The lowest BCUT2D eigenvalue weighted by Crippen LogP contribution is -2.45. The van der Waals surface area contributed by atoms with E-state index in [9.17, 15) is 9.90 Å². The molecule has 1 atom stereocenters. The summed E-state index contributed by atoms with van der Waals surface area (Å²) in [6.45, 7) is 1.95. The van der Waals surface area contributed by atoms with Crippen molar-refractivity contribution in [3.8, 4) is 0 Å². The monoisotopic (exact) mass is 353 g/mol. The van der Waals surface area contributed by atoms with E-state index in [-0.39, 0.29) is 29.9 Å². The molecule has 1 saturated carbocycles. The van der Waals surface area contributed by atoms with Crippen LogP contribution in [0.2, 0.25) is 0 Å². The van der Waals surface area contributed by atoms with Gasteiger partial charge in [0.15, 0.2) is 0 Å². The predicted molar refractivity (Wildman–Crippen MR) is 102 cm³/mol. The molecule has 1 aromatic carbocycles. The molecule has 0 unspecified atom stereocenters. The molecule has 26 heavy (non-hydrogen) atoms. The van der Waals surface area contributed by atoms with Crippen LogP contribution in [-0.4, -0.2) is 47.1 Å². The Labute approximate surface area is 154 Å². The lowest BCUT2D eigenvalue weighted by molar-refractivity contribution is -0.128. The summed E-state index contributed by atoms with van der Waals surface area (Å²) < 4.78 is 0. The van der Waals surface area contributed by atoms with E-state index in [0.717, 1.165) is 55.2 Å². The minimum absolute atomic E-state index is 0.0670. The summed E-state index contributed by atoms with van der Waals surface area (Å²) in [7, 11) is 2.10. The number of piperidine rings is 1. The molecule has 138 valence electrons. The Kier molecular flexibility index (Phi) is 4.92. The number of nitrogens with zero attached hydrogens (tertiary/aromatic N) is 2. The van der Waals surface area contributed by atoms with Crippen molar-refractivity contribution >= 4 is 16.8 Å². The van der Waals surface area contributed by atoms with Crippen molar-refractivity contribution in [3.63, 3.8) is 0 Å². The highest BCUT2D eigenvalue weighted by Crippen LogP contribution is 2.38. The van der Waals surface area contributed by atoms with Crippen molar-refractivity contribution in [1.29, 1.82) is 0 Å². The van der Waals surface area contributed by atoms with Gasteiger partial charge in [0.2, 0.25) is 5.91 Å². The van der Waals surface area contributed by atoms with Gasteiger partial charge in [-0.15, -0.1) is 0 Å². The number of benzene rings is 1. The largest absolute Gasteiger partial charge is 0.393 e. The average molecular weight is 353 g/mol. The highest BCUT2D eigenvalue weighted by molar-refractivity contribution is 5.81. The molecule has 1 aromatic heterocycles. The number of pyridine rings is 1. The number of para-hydroxylation sites is 1. The summed E-state index contributed by atoms with van der Waals surface area (Å²) in [6.07, 6.45) is 4.95. The molecule has 2 heterocycles. The van der Waals surface area contributed by atoms with E-state index in [1.165, 1.54) is 0 Å². The van der Waals surface area contributed by atoms with Gasteiger partial charge in [-0.3, -0.25) is 9.78 Å². The van der Waals surface area contributed by atoms with Crippen LogP contribution in [0.15, 0.2) is 36.5 Å². The number of amides is 1. The van der Waals surface area contributed by atoms with Crippen LogP contribution in [0, 0.1) is 11.8 Å². The summed E-state index contributed by atoms with van der Waals surface area (Å²) in [5, 5.41) is 14.1. The van der Waals surface area contributed by atoms with Gasteiger partial charge in [-0.05, 0) is 69.4 Å². The molecule has 1 aliphatic heterocycles. The van der Waals surface area contributed by atoms with Crippen LogP contribution < -0.4 is 5.32 Å². The molecule has 1 aliphatic carbocycles. The SMILES string of the molecule is CN1CCC(C(=O)N[C@@H](c2cnc3ccccc3c2)C2CC(O)C2)CC1. The second-order valence-corrected chi connectivity index (χ2v) is 7.91. The molecule has 4 rings (SSSR count). The molecule has 0 spiro atoms. The molecular weight excluding hydrogens is 326 g/mol. The van der Waals surface area contributed by atoms with Crippen molar-refractivity contribution in [2.24, 2.45) is 11.8 Å². The highest BCUT2D eigenvalue weighted by Gasteiger charge is 2.37. The van der Waals surface area contributed by atoms with Crippen LogP contribution >= 0.6 is 0 Å². The Morgan fingerprint density at radius 1 is 1.27 bits per heavy atom. The van der Waals surface area contributed by atoms with E-state index in [0.29, 0.717) is 0 Å². The topological polar surface area (TPSA) is 65.5 Å². The molecule has 2 N–H and O–H groups in total. The number of aromatic nitrogens is 1. The maximum atomic E-state index is 12.9. The van der Waals surface area contributed by atoms with Crippen LogP contribution in [0.1, 0.15) is 37.3 Å². The number of aliphatic hydroxyl groups excluding tert-OH is 1. The first-order valence-corrected chi connectivity index (χ1v) is 9.62. The quantitative estimate of drug-likeness (QED) is 0.886. The van der Waals surface area contributed by atoms with E-state index in [1.54, 1.807) is 0 Å². The number of aliphatic hydroxyl groups is 1. The predicted octanol–water partition coefficient (Wildman–Crippen LogP) is 2.50. The van der Waals surface area contributed by atoms with Gasteiger partial charge in [-0.1, -0.05) is 18.2 Å². The van der Waals surface area contributed by atoms with Gasteiger partial charge in [0.1, 0.15) is 0 Å². The summed E-state index contributed by atoms with van der Waals surface area (Å²) in [5.74, 6) is 0.521. The number of rotatable bonds is 4. The van der Waals surface area contributed by atoms with Gasteiger partial charge in [0.25, 0.3) is 0 Å². The van der Waals surface area contributed by atoms with Crippen molar-refractivity contribution in [2.45, 2.75) is 37.8 Å². The molecule has 0 radical (unpaired) electrons. The van der Waals surface area contributed by atoms with Gasteiger partial charge < -0.3 is 15.3 Å². The van der Waals surface area contributed by atoms with E-state index in [2.05, 4.69) is 34.4 Å². The number of hydrogen-bond acceptors (Lipinski definition) is 4. The van der Waals surface area contributed by atoms with Gasteiger partial charge in [-0.2, -0.15) is 0 Å². The van der Waals surface area contributed by atoms with Gasteiger partial charge >= 0.3 is 0 Å². The number of fused-ring (bicyclic) bond motifs is 1. The summed E-state index contributed by atoms with van der Waals surface area (Å²) in [6, 6.07) is 10.1. The van der Waals surface area contributed by atoms with Crippen LogP contribution in [0.5, 0.6) is 0 Å². The third kappa shape index (κ3) is 3.60. The smallest absolute Gasteiger partial charge is 0.223 e. The van der Waals surface area contributed by atoms with E-state index >= 15 is 0 Å². The highest BCUT2D eigenvalue weighted by atomic mass is 16.3. The molecule has 5 heteroatoms. The fraction of sp³-hybridized carbons (Fsp3) is 0.524. The van der Waals surface area contributed by atoms with Crippen LogP contribution in [-0.2, 0) is 4.79 Å². The summed E-state index contributed by atoms with van der Waals surface area (Å²) >= 11 is 0. The van der Waals surface area contributed by atoms with Gasteiger partial charge in [0, 0.05) is 17.5 Å². The first-order valence-electron chi connectivity index (χ1n) is 9.62. The van der Waals surface area contributed by atoms with Crippen molar-refractivity contribution in [3.05, 3.63) is 42.1 Å². The molecule has 2 fully saturated rings. The zero-order valence-corrected chi connectivity index (χ0v) is 15.3. The fourth-order valence-corrected chi connectivity index (χ4v) is 4.18. The van der Waals surface area contributed by atoms with E-state index < -0.39 is 0 Å². The molecule has 1 amide bonds. The first kappa shape index (κ1) is 17.4.